The van der Waals surface area contributed by atoms with Gasteiger partial charge < -0.3 is 9.32 Å². The molecule has 3 heterocycles. The molecule has 58 heavy (non-hydrogen) atoms. The predicted molar refractivity (Wildman–Crippen MR) is 251 cm³/mol. The van der Waals surface area contributed by atoms with E-state index in [0.29, 0.717) is 17.9 Å². The Balaban J connectivity index is 0.967. The molecule has 290 valence electrons. The fourth-order valence-corrected chi connectivity index (χ4v) is 11.1. The molecule has 1 aromatic heterocycles. The first kappa shape index (κ1) is 37.6. The monoisotopic (exact) mass is 890 g/mol. The maximum absolute atomic E-state index is 6.66. The van der Waals surface area contributed by atoms with Gasteiger partial charge in [-0.2, -0.15) is 0 Å². The lowest BCUT2D eigenvalue weighted by atomic mass is 9.66. The molecule has 0 bridgehead atoms. The van der Waals surface area contributed by atoms with Gasteiger partial charge in [0, 0.05) is 54.7 Å². The second-order valence-electron chi connectivity index (χ2n) is 16.2. The van der Waals surface area contributed by atoms with Gasteiger partial charge in [-0.15, -0.1) is 0 Å². The van der Waals surface area contributed by atoms with Crippen molar-refractivity contribution in [2.45, 2.75) is 62.6 Å². The number of fused-ring (bicyclic) bond motifs is 6. The van der Waals surface area contributed by atoms with Crippen LogP contribution in [-0.2, 0) is 5.41 Å². The van der Waals surface area contributed by atoms with E-state index in [1.165, 1.54) is 38.5 Å². The number of hydrogen-bond acceptors (Lipinski definition) is 6. The number of allylic oxidation sites excluding steroid dienone is 8. The second-order valence-corrected chi connectivity index (χ2v) is 18.2. The van der Waals surface area contributed by atoms with Gasteiger partial charge >= 0.3 is 0 Å². The van der Waals surface area contributed by atoms with Gasteiger partial charge in [0.05, 0.1) is 24.5 Å². The summed E-state index contributed by atoms with van der Waals surface area (Å²) >= 11 is 2.45. The maximum atomic E-state index is 6.66. The third-order valence-electron chi connectivity index (χ3n) is 12.9. The first-order valence-electron chi connectivity index (χ1n) is 20.4. The van der Waals surface area contributed by atoms with Gasteiger partial charge in [0.2, 0.25) is 0 Å². The van der Waals surface area contributed by atoms with Gasteiger partial charge in [-0.25, -0.2) is 0 Å². The van der Waals surface area contributed by atoms with E-state index in [4.69, 9.17) is 4.42 Å². The zero-order valence-electron chi connectivity index (χ0n) is 32.7. The Labute approximate surface area is 357 Å². The first-order valence-corrected chi connectivity index (χ1v) is 23.8. The highest BCUT2D eigenvalue weighted by molar-refractivity contribution is 14.2. The molecule has 5 unspecified atom stereocenters. The van der Waals surface area contributed by atoms with E-state index in [9.17, 15) is 0 Å². The summed E-state index contributed by atoms with van der Waals surface area (Å²) in [7, 11) is 1.84. The van der Waals surface area contributed by atoms with Crippen LogP contribution in [0.15, 0.2) is 185 Å². The molecule has 3 N–H and O–H groups in total. The lowest BCUT2D eigenvalue weighted by Gasteiger charge is -2.39. The highest BCUT2D eigenvalue weighted by Gasteiger charge is 2.40. The minimum Gasteiger partial charge on any atom is -0.456 e. The Hall–Kier alpha value is -4.64. The number of rotatable bonds is 9. The van der Waals surface area contributed by atoms with E-state index in [-0.39, 0.29) is 23.9 Å². The molecule has 0 radical (unpaired) electrons. The molecule has 2 aliphatic heterocycles. The lowest BCUT2D eigenvalue weighted by Crippen LogP contribution is -2.54. The van der Waals surface area contributed by atoms with Crippen LogP contribution in [-0.4, -0.2) is 6.04 Å². The predicted octanol–water partition coefficient (Wildman–Crippen LogP) is 13.0. The van der Waals surface area contributed by atoms with Crippen LogP contribution < -0.4 is 20.9 Å². The molecule has 0 saturated carbocycles. The minimum absolute atomic E-state index is 0.0316. The molecule has 1 fully saturated rings. The standard InChI is InChI=1S/C51H47IN4OS/c1-33(23-24-34(2)56-44-21-11-9-19-40(44)41-20-10-12-22-45(41)56)51(29-13-18-39(32-51)58-52)38-26-28-46-43(31-38)42-27-25-37(30-47(42)57-46)50-54-48(35-14-5-3-6-15-35)53-49(55-50)36-16-7-4-8-17-36/h3-22,24-31,33,40,44,48-50,53-55H,23,32H2,1-2H3/b34-24+/t33?,40?,44?,48?,49?,50?,51-/m0/s1. The van der Waals surface area contributed by atoms with Gasteiger partial charge in [0.25, 0.3) is 0 Å². The van der Waals surface area contributed by atoms with Crippen LogP contribution in [0.3, 0.4) is 0 Å². The van der Waals surface area contributed by atoms with E-state index in [0.717, 1.165) is 40.3 Å². The van der Waals surface area contributed by atoms with Crippen LogP contribution in [0.25, 0.3) is 21.9 Å². The summed E-state index contributed by atoms with van der Waals surface area (Å²) in [5, 5.41) is 13.7. The fourth-order valence-electron chi connectivity index (χ4n) is 9.74. The van der Waals surface area contributed by atoms with Crippen molar-refractivity contribution in [3.8, 4) is 0 Å². The van der Waals surface area contributed by atoms with Crippen LogP contribution in [0.4, 0.5) is 5.69 Å². The molecule has 10 rings (SSSR count). The van der Waals surface area contributed by atoms with Crippen LogP contribution in [0.5, 0.6) is 0 Å². The number of benzene rings is 5. The normalized spacial score (nSPS) is 25.8. The summed E-state index contributed by atoms with van der Waals surface area (Å²) < 4.78 is 6.66. The number of hydrogen-bond donors (Lipinski definition) is 3. The Bertz CT molecular complexity index is 2580. The molecule has 6 atom stereocenters. The summed E-state index contributed by atoms with van der Waals surface area (Å²) in [6.07, 6.45) is 20.4. The molecular formula is C51H47IN4OS. The number of para-hydroxylation sites is 1. The quantitative estimate of drug-likeness (QED) is 0.126. The Morgan fingerprint density at radius 3 is 2.21 bits per heavy atom. The molecule has 0 spiro atoms. The number of furan rings is 1. The molecule has 5 aromatic carbocycles. The maximum Gasteiger partial charge on any atom is 0.135 e. The highest BCUT2D eigenvalue weighted by Crippen LogP contribution is 2.50. The largest absolute Gasteiger partial charge is 0.456 e. The van der Waals surface area contributed by atoms with E-state index >= 15 is 0 Å². The Morgan fingerprint density at radius 2 is 1.47 bits per heavy atom. The zero-order valence-corrected chi connectivity index (χ0v) is 35.7. The van der Waals surface area contributed by atoms with Gasteiger partial charge in [-0.1, -0.05) is 162 Å². The van der Waals surface area contributed by atoms with Gasteiger partial charge in [0.1, 0.15) is 11.2 Å². The van der Waals surface area contributed by atoms with Crippen molar-refractivity contribution in [1.82, 2.24) is 16.0 Å². The van der Waals surface area contributed by atoms with Gasteiger partial charge in [-0.3, -0.25) is 16.0 Å². The Morgan fingerprint density at radius 1 is 0.776 bits per heavy atom. The van der Waals surface area contributed by atoms with E-state index in [1.54, 1.807) is 0 Å². The number of halogens is 1. The molecule has 4 aliphatic rings. The average molecular weight is 891 g/mol. The molecule has 7 heteroatoms. The van der Waals surface area contributed by atoms with Crippen molar-refractivity contribution >= 4 is 57.8 Å². The molecule has 0 amide bonds. The van der Waals surface area contributed by atoms with Gasteiger partial charge in [0.15, 0.2) is 0 Å². The van der Waals surface area contributed by atoms with Crippen molar-refractivity contribution in [3.05, 3.63) is 208 Å². The Kier molecular flexibility index (Phi) is 10.3. The average Bonchev–Trinajstić information content (AvgIpc) is 3.83. The number of nitrogens with one attached hydrogen (secondary N) is 3. The summed E-state index contributed by atoms with van der Waals surface area (Å²) in [5.74, 6) is 0.732. The van der Waals surface area contributed by atoms with Crippen molar-refractivity contribution < 1.29 is 4.42 Å². The SMILES string of the molecule is C/C(=C\CC(C)[C@]1(c2ccc3oc4cc(C5NC(c6ccccc6)NC(c6ccccc6)N5)ccc4c3c2)C=CC=C(SI)C1)N1c2ccccc2C2C=CC=CC21. The summed E-state index contributed by atoms with van der Waals surface area (Å²) in [5.41, 5.74) is 10.6. The van der Waals surface area contributed by atoms with E-state index in [1.807, 2.05) is 8.93 Å². The van der Waals surface area contributed by atoms with Crippen LogP contribution in [0.2, 0.25) is 0 Å². The van der Waals surface area contributed by atoms with Crippen molar-refractivity contribution in [3.63, 3.8) is 0 Å². The number of nitrogens with zero attached hydrogens (tertiary/aromatic N) is 1. The van der Waals surface area contributed by atoms with Crippen LogP contribution in [0, 0.1) is 5.92 Å². The van der Waals surface area contributed by atoms with Crippen molar-refractivity contribution in [1.29, 1.82) is 0 Å². The second kappa shape index (κ2) is 15.8. The van der Waals surface area contributed by atoms with E-state index < -0.39 is 0 Å². The molecule has 5 nitrogen and oxygen atoms in total. The third-order valence-corrected chi connectivity index (χ3v) is 15.0. The van der Waals surface area contributed by atoms with Crippen LogP contribution >= 0.6 is 30.1 Å². The summed E-state index contributed by atoms with van der Waals surface area (Å²) in [6.45, 7) is 4.73. The fraction of sp³-hybridized carbons (Fsp3) is 0.216. The number of anilines is 1. The zero-order chi connectivity index (χ0) is 39.2. The summed E-state index contributed by atoms with van der Waals surface area (Å²) in [4.78, 5) is 3.95. The summed E-state index contributed by atoms with van der Waals surface area (Å²) in [6, 6.07) is 44.1. The van der Waals surface area contributed by atoms with Gasteiger partial charge in [-0.05, 0) is 82.7 Å². The first-order chi connectivity index (χ1) is 28.5. The minimum atomic E-state index is -0.169. The molecule has 1 saturated heterocycles. The van der Waals surface area contributed by atoms with Crippen molar-refractivity contribution in [2.24, 2.45) is 5.92 Å². The molecule has 6 aromatic rings. The molecule has 2 aliphatic carbocycles. The third kappa shape index (κ3) is 6.80. The smallest absolute Gasteiger partial charge is 0.135 e. The highest BCUT2D eigenvalue weighted by atomic mass is 127. The van der Waals surface area contributed by atoms with Crippen molar-refractivity contribution in [2.75, 3.05) is 4.90 Å². The van der Waals surface area contributed by atoms with E-state index in [2.05, 4.69) is 226 Å². The molecular weight excluding hydrogens is 844 g/mol. The topological polar surface area (TPSA) is 52.5 Å². The van der Waals surface area contributed by atoms with Crippen LogP contribution in [0.1, 0.15) is 78.9 Å². The lowest BCUT2D eigenvalue weighted by molar-refractivity contribution is 0.203.